The van der Waals surface area contributed by atoms with Gasteiger partial charge in [-0.3, -0.25) is 4.79 Å². The number of halogens is 2. The molecule has 0 unspecified atom stereocenters. The summed E-state index contributed by atoms with van der Waals surface area (Å²) in [6, 6.07) is 2.85. The van der Waals surface area contributed by atoms with E-state index in [2.05, 4.69) is 5.32 Å². The Labute approximate surface area is 85.0 Å². The fourth-order valence-electron chi connectivity index (χ4n) is 1.16. The zero-order valence-electron chi connectivity index (χ0n) is 7.80. The van der Waals surface area contributed by atoms with E-state index in [1.54, 1.807) is 0 Å². The minimum absolute atomic E-state index is 0.0393. The van der Waals surface area contributed by atoms with Crippen LogP contribution < -0.4 is 5.32 Å². The van der Waals surface area contributed by atoms with Crippen LogP contribution in [0.2, 0.25) is 0 Å². The molecule has 1 aromatic carbocycles. The molecule has 2 rings (SSSR count). The van der Waals surface area contributed by atoms with Crippen LogP contribution in [0.15, 0.2) is 18.2 Å². The van der Waals surface area contributed by atoms with E-state index in [0.717, 1.165) is 12.1 Å². The number of benzene rings is 1. The summed E-state index contributed by atoms with van der Waals surface area (Å²) in [6.45, 7) is 0.974. The molecule has 1 fully saturated rings. The Kier molecular flexibility index (Phi) is 2.64. The molecule has 15 heavy (non-hydrogen) atoms. The lowest BCUT2D eigenvalue weighted by Crippen LogP contribution is -2.28. The van der Waals surface area contributed by atoms with Gasteiger partial charge in [-0.2, -0.15) is 0 Å². The molecule has 1 saturated heterocycles. The molecule has 0 aromatic heterocycles. The van der Waals surface area contributed by atoms with E-state index in [4.69, 9.17) is 4.74 Å². The molecule has 80 valence electrons. The molecule has 0 aliphatic carbocycles. The van der Waals surface area contributed by atoms with Gasteiger partial charge in [-0.05, 0) is 12.1 Å². The van der Waals surface area contributed by atoms with E-state index in [9.17, 15) is 13.6 Å². The number of amides is 1. The van der Waals surface area contributed by atoms with Crippen molar-refractivity contribution in [2.45, 2.75) is 6.10 Å². The Hall–Kier alpha value is -1.49. The van der Waals surface area contributed by atoms with E-state index in [1.165, 1.54) is 0 Å². The van der Waals surface area contributed by atoms with Crippen LogP contribution in [0, 0.1) is 11.6 Å². The largest absolute Gasteiger partial charge is 0.371 e. The monoisotopic (exact) mass is 213 g/mol. The fourth-order valence-corrected chi connectivity index (χ4v) is 1.16. The molecule has 1 aliphatic rings. The molecule has 3 nitrogen and oxygen atoms in total. The Balaban J connectivity index is 2.03. The SMILES string of the molecule is O=C(NC[C@@H]1CO1)c1ccc(F)cc1F. The summed E-state index contributed by atoms with van der Waals surface area (Å²) in [6.07, 6.45) is 0.0393. The van der Waals surface area contributed by atoms with E-state index < -0.39 is 17.5 Å². The maximum absolute atomic E-state index is 13.1. The van der Waals surface area contributed by atoms with Gasteiger partial charge in [-0.25, -0.2) is 8.78 Å². The van der Waals surface area contributed by atoms with Gasteiger partial charge >= 0.3 is 0 Å². The zero-order valence-corrected chi connectivity index (χ0v) is 7.80. The van der Waals surface area contributed by atoms with Gasteiger partial charge in [-0.15, -0.1) is 0 Å². The standard InChI is InChI=1S/C10H9F2NO2/c11-6-1-2-8(9(12)3-6)10(14)13-4-7-5-15-7/h1-3,7H,4-5H2,(H,13,14)/t7-/m1/s1. The zero-order chi connectivity index (χ0) is 10.8. The predicted octanol–water partition coefficient (Wildman–Crippen LogP) is 1.09. The summed E-state index contributed by atoms with van der Waals surface area (Å²) in [5.41, 5.74) is -0.156. The quantitative estimate of drug-likeness (QED) is 0.764. The summed E-state index contributed by atoms with van der Waals surface area (Å²) in [7, 11) is 0. The lowest BCUT2D eigenvalue weighted by atomic mass is 10.2. The van der Waals surface area contributed by atoms with Gasteiger partial charge < -0.3 is 10.1 Å². The van der Waals surface area contributed by atoms with Gasteiger partial charge in [0.1, 0.15) is 11.6 Å². The highest BCUT2D eigenvalue weighted by Crippen LogP contribution is 2.10. The van der Waals surface area contributed by atoms with E-state index in [-0.39, 0.29) is 11.7 Å². The average Bonchev–Trinajstić information content (AvgIpc) is 2.97. The van der Waals surface area contributed by atoms with Crippen LogP contribution in [-0.4, -0.2) is 25.2 Å². The van der Waals surface area contributed by atoms with Crippen LogP contribution in [0.25, 0.3) is 0 Å². The number of nitrogens with one attached hydrogen (secondary N) is 1. The molecule has 1 amide bonds. The lowest BCUT2D eigenvalue weighted by Gasteiger charge is -2.03. The smallest absolute Gasteiger partial charge is 0.254 e. The molecular formula is C10H9F2NO2. The van der Waals surface area contributed by atoms with Crippen molar-refractivity contribution in [3.63, 3.8) is 0 Å². The first-order chi connectivity index (χ1) is 7.16. The molecule has 0 radical (unpaired) electrons. The third-order valence-corrected chi connectivity index (χ3v) is 2.07. The molecule has 1 aliphatic heterocycles. The number of carbonyl (C=O) groups excluding carboxylic acids is 1. The van der Waals surface area contributed by atoms with Gasteiger partial charge in [0, 0.05) is 12.6 Å². The highest BCUT2D eigenvalue weighted by Gasteiger charge is 2.23. The summed E-state index contributed by atoms with van der Waals surface area (Å²) >= 11 is 0. The Morgan fingerprint density at radius 2 is 2.27 bits per heavy atom. The van der Waals surface area contributed by atoms with Crippen molar-refractivity contribution < 1.29 is 18.3 Å². The van der Waals surface area contributed by atoms with Crippen molar-refractivity contribution >= 4 is 5.91 Å². The molecule has 1 N–H and O–H groups in total. The fraction of sp³-hybridized carbons (Fsp3) is 0.300. The number of ether oxygens (including phenoxy) is 1. The third-order valence-electron chi connectivity index (χ3n) is 2.07. The molecule has 1 heterocycles. The second kappa shape index (κ2) is 3.94. The number of carbonyl (C=O) groups is 1. The highest BCUT2D eigenvalue weighted by molar-refractivity contribution is 5.94. The third kappa shape index (κ3) is 2.50. The van der Waals surface area contributed by atoms with E-state index >= 15 is 0 Å². The van der Waals surface area contributed by atoms with Crippen LogP contribution in [0.1, 0.15) is 10.4 Å². The van der Waals surface area contributed by atoms with Crippen molar-refractivity contribution in [2.75, 3.05) is 13.2 Å². The summed E-state index contributed by atoms with van der Waals surface area (Å²) in [4.78, 5) is 11.4. The van der Waals surface area contributed by atoms with Crippen molar-refractivity contribution in [1.29, 1.82) is 0 Å². The molecular weight excluding hydrogens is 204 g/mol. The second-order valence-electron chi connectivity index (χ2n) is 3.29. The van der Waals surface area contributed by atoms with E-state index in [0.29, 0.717) is 19.2 Å². The lowest BCUT2D eigenvalue weighted by molar-refractivity contribution is 0.0946. The molecule has 0 spiro atoms. The Morgan fingerprint density at radius 1 is 1.53 bits per heavy atom. The van der Waals surface area contributed by atoms with Gasteiger partial charge in [0.25, 0.3) is 5.91 Å². The maximum atomic E-state index is 13.1. The number of epoxide rings is 1. The minimum Gasteiger partial charge on any atom is -0.371 e. The Bertz CT molecular complexity index is 391. The average molecular weight is 213 g/mol. The first kappa shape index (κ1) is 10.0. The molecule has 0 saturated carbocycles. The summed E-state index contributed by atoms with van der Waals surface area (Å²) < 4.78 is 30.5. The van der Waals surface area contributed by atoms with Crippen LogP contribution in [0.5, 0.6) is 0 Å². The molecule has 5 heteroatoms. The second-order valence-corrected chi connectivity index (χ2v) is 3.29. The molecule has 0 bridgehead atoms. The highest BCUT2D eigenvalue weighted by atomic mass is 19.1. The van der Waals surface area contributed by atoms with Crippen molar-refractivity contribution in [2.24, 2.45) is 0 Å². The first-order valence-corrected chi connectivity index (χ1v) is 4.51. The topological polar surface area (TPSA) is 41.6 Å². The summed E-state index contributed by atoms with van der Waals surface area (Å²) in [5.74, 6) is -2.11. The molecule has 1 aromatic rings. The number of hydrogen-bond acceptors (Lipinski definition) is 2. The Morgan fingerprint density at radius 3 is 2.87 bits per heavy atom. The predicted molar refractivity (Wildman–Crippen MR) is 48.4 cm³/mol. The van der Waals surface area contributed by atoms with Crippen LogP contribution >= 0.6 is 0 Å². The first-order valence-electron chi connectivity index (χ1n) is 4.51. The van der Waals surface area contributed by atoms with Crippen LogP contribution in [0.4, 0.5) is 8.78 Å². The number of rotatable bonds is 3. The van der Waals surface area contributed by atoms with Crippen molar-refractivity contribution in [3.05, 3.63) is 35.4 Å². The van der Waals surface area contributed by atoms with Crippen molar-refractivity contribution in [1.82, 2.24) is 5.32 Å². The maximum Gasteiger partial charge on any atom is 0.254 e. The van der Waals surface area contributed by atoms with Gasteiger partial charge in [-0.1, -0.05) is 0 Å². The van der Waals surface area contributed by atoms with Crippen LogP contribution in [0.3, 0.4) is 0 Å². The minimum atomic E-state index is -0.857. The summed E-state index contributed by atoms with van der Waals surface area (Å²) in [5, 5.41) is 2.49. The van der Waals surface area contributed by atoms with Crippen molar-refractivity contribution in [3.8, 4) is 0 Å². The number of hydrogen-bond donors (Lipinski definition) is 1. The van der Waals surface area contributed by atoms with Gasteiger partial charge in [0.15, 0.2) is 0 Å². The van der Waals surface area contributed by atoms with E-state index in [1.807, 2.05) is 0 Å². The molecule has 1 atom stereocenters. The normalized spacial score (nSPS) is 18.7. The van der Waals surface area contributed by atoms with Gasteiger partial charge in [0.2, 0.25) is 0 Å². The van der Waals surface area contributed by atoms with Crippen LogP contribution in [-0.2, 0) is 4.74 Å². The van der Waals surface area contributed by atoms with Gasteiger partial charge in [0.05, 0.1) is 18.3 Å².